The van der Waals surface area contributed by atoms with E-state index in [0.29, 0.717) is 6.42 Å². The molecule has 0 aliphatic rings. The lowest BCUT2D eigenvalue weighted by atomic mass is 10.1. The van der Waals surface area contributed by atoms with Gasteiger partial charge in [0.1, 0.15) is 0 Å². The molecular weight excluding hydrogens is 184 g/mol. The highest BCUT2D eigenvalue weighted by molar-refractivity contribution is 5.76. The molecule has 1 unspecified atom stereocenters. The Morgan fingerprint density at radius 3 is 2.43 bits per heavy atom. The second kappa shape index (κ2) is 7.73. The van der Waals surface area contributed by atoms with Crippen LogP contribution in [-0.2, 0) is 4.79 Å². The van der Waals surface area contributed by atoms with Crippen molar-refractivity contribution in [3.63, 3.8) is 0 Å². The van der Waals surface area contributed by atoms with Gasteiger partial charge in [-0.3, -0.25) is 4.79 Å². The van der Waals surface area contributed by atoms with Crippen LogP contribution < -0.4 is 11.1 Å². The molecule has 0 heterocycles. The smallest absolute Gasteiger partial charge is 0.220 e. The molecule has 0 aromatic heterocycles. The zero-order valence-electron chi connectivity index (χ0n) is 8.57. The molecule has 0 aliphatic heterocycles. The number of aliphatic hydroxyl groups excluding tert-OH is 2. The summed E-state index contributed by atoms with van der Waals surface area (Å²) in [5.41, 5.74) is 5.52. The Labute approximate surface area is 84.3 Å². The third kappa shape index (κ3) is 6.82. The van der Waals surface area contributed by atoms with Crippen molar-refractivity contribution < 1.29 is 15.0 Å². The van der Waals surface area contributed by atoms with Gasteiger partial charge in [-0.1, -0.05) is 0 Å². The van der Waals surface area contributed by atoms with Gasteiger partial charge in [0.15, 0.2) is 0 Å². The molecule has 0 saturated carbocycles. The maximum atomic E-state index is 11.2. The molecule has 5 N–H and O–H groups in total. The predicted molar refractivity (Wildman–Crippen MR) is 53.6 cm³/mol. The summed E-state index contributed by atoms with van der Waals surface area (Å²) in [4.78, 5) is 11.2. The van der Waals surface area contributed by atoms with Gasteiger partial charge < -0.3 is 21.3 Å². The molecule has 0 radical (unpaired) electrons. The SMILES string of the molecule is CC(N)CCCC(=O)NC(CO)CO. The summed E-state index contributed by atoms with van der Waals surface area (Å²) in [7, 11) is 0. The Kier molecular flexibility index (Phi) is 7.37. The molecule has 0 aliphatic carbocycles. The fourth-order valence-electron chi connectivity index (χ4n) is 1.03. The number of hydrogen-bond acceptors (Lipinski definition) is 4. The highest BCUT2D eigenvalue weighted by atomic mass is 16.3. The van der Waals surface area contributed by atoms with Crippen LogP contribution in [0.25, 0.3) is 0 Å². The van der Waals surface area contributed by atoms with Crippen molar-refractivity contribution in [2.75, 3.05) is 13.2 Å². The van der Waals surface area contributed by atoms with Crippen molar-refractivity contribution in [3.8, 4) is 0 Å². The van der Waals surface area contributed by atoms with Crippen molar-refractivity contribution in [2.24, 2.45) is 5.73 Å². The summed E-state index contributed by atoms with van der Waals surface area (Å²) in [5.74, 6) is -0.154. The summed E-state index contributed by atoms with van der Waals surface area (Å²) < 4.78 is 0. The van der Waals surface area contributed by atoms with Crippen LogP contribution >= 0.6 is 0 Å². The first-order valence-electron chi connectivity index (χ1n) is 4.86. The molecule has 0 fully saturated rings. The zero-order chi connectivity index (χ0) is 11.0. The van der Waals surface area contributed by atoms with Gasteiger partial charge in [0.05, 0.1) is 19.3 Å². The maximum Gasteiger partial charge on any atom is 0.220 e. The highest BCUT2D eigenvalue weighted by Crippen LogP contribution is 1.98. The van der Waals surface area contributed by atoms with E-state index in [4.69, 9.17) is 15.9 Å². The molecule has 0 aromatic rings. The molecule has 14 heavy (non-hydrogen) atoms. The number of nitrogens with one attached hydrogen (secondary N) is 1. The number of carbonyl (C=O) groups excluding carboxylic acids is 1. The average Bonchev–Trinajstić information content (AvgIpc) is 2.13. The summed E-state index contributed by atoms with van der Waals surface area (Å²) in [6.45, 7) is 1.41. The molecule has 84 valence electrons. The lowest BCUT2D eigenvalue weighted by molar-refractivity contribution is -0.122. The minimum absolute atomic E-state index is 0.106. The number of aliphatic hydroxyl groups is 2. The van der Waals surface area contributed by atoms with Crippen molar-refractivity contribution in [1.29, 1.82) is 0 Å². The molecule has 0 spiro atoms. The van der Waals surface area contributed by atoms with Crippen LogP contribution in [0, 0.1) is 0 Å². The van der Waals surface area contributed by atoms with Gasteiger partial charge in [0, 0.05) is 12.5 Å². The number of rotatable bonds is 7. The molecule has 0 bridgehead atoms. The van der Waals surface area contributed by atoms with E-state index in [0.717, 1.165) is 12.8 Å². The van der Waals surface area contributed by atoms with E-state index < -0.39 is 6.04 Å². The first-order chi connectivity index (χ1) is 6.60. The van der Waals surface area contributed by atoms with Crippen molar-refractivity contribution in [3.05, 3.63) is 0 Å². The van der Waals surface area contributed by atoms with E-state index in [9.17, 15) is 4.79 Å². The second-order valence-electron chi connectivity index (χ2n) is 3.50. The maximum absolute atomic E-state index is 11.2. The molecule has 1 atom stereocenters. The van der Waals surface area contributed by atoms with E-state index >= 15 is 0 Å². The van der Waals surface area contributed by atoms with Gasteiger partial charge in [-0.25, -0.2) is 0 Å². The van der Waals surface area contributed by atoms with E-state index in [2.05, 4.69) is 5.32 Å². The zero-order valence-corrected chi connectivity index (χ0v) is 8.57. The molecule has 0 saturated heterocycles. The van der Waals surface area contributed by atoms with Crippen LogP contribution in [0.3, 0.4) is 0 Å². The summed E-state index contributed by atoms with van der Waals surface area (Å²) >= 11 is 0. The van der Waals surface area contributed by atoms with Gasteiger partial charge >= 0.3 is 0 Å². The molecule has 1 amide bonds. The molecule has 5 nitrogen and oxygen atoms in total. The summed E-state index contributed by atoms with van der Waals surface area (Å²) in [6.07, 6.45) is 1.92. The van der Waals surface area contributed by atoms with Crippen LogP contribution in [0.1, 0.15) is 26.2 Å². The Bertz CT molecular complexity index is 158. The number of hydrogen-bond donors (Lipinski definition) is 4. The minimum Gasteiger partial charge on any atom is -0.394 e. The van der Waals surface area contributed by atoms with Gasteiger partial charge in [-0.2, -0.15) is 0 Å². The van der Waals surface area contributed by atoms with E-state index in [-0.39, 0.29) is 25.2 Å². The molecule has 0 aromatic carbocycles. The first-order valence-corrected chi connectivity index (χ1v) is 4.86. The van der Waals surface area contributed by atoms with E-state index in [1.54, 1.807) is 0 Å². The van der Waals surface area contributed by atoms with Gasteiger partial charge in [0.2, 0.25) is 5.91 Å². The van der Waals surface area contributed by atoms with Crippen LogP contribution in [0.5, 0.6) is 0 Å². The Balaban J connectivity index is 3.54. The van der Waals surface area contributed by atoms with Crippen LogP contribution in [-0.4, -0.2) is 41.4 Å². The lowest BCUT2D eigenvalue weighted by Gasteiger charge is -2.13. The minimum atomic E-state index is -0.544. The largest absolute Gasteiger partial charge is 0.394 e. The number of amides is 1. The van der Waals surface area contributed by atoms with Crippen molar-refractivity contribution in [1.82, 2.24) is 5.32 Å². The second-order valence-corrected chi connectivity index (χ2v) is 3.50. The van der Waals surface area contributed by atoms with Gasteiger partial charge in [-0.15, -0.1) is 0 Å². The van der Waals surface area contributed by atoms with Crippen LogP contribution in [0.15, 0.2) is 0 Å². The van der Waals surface area contributed by atoms with Crippen LogP contribution in [0.4, 0.5) is 0 Å². The number of carbonyl (C=O) groups is 1. The lowest BCUT2D eigenvalue weighted by Crippen LogP contribution is -2.40. The van der Waals surface area contributed by atoms with Crippen molar-refractivity contribution >= 4 is 5.91 Å². The fourth-order valence-corrected chi connectivity index (χ4v) is 1.03. The Hall–Kier alpha value is -0.650. The standard InChI is InChI=1S/C9H20N2O3/c1-7(10)3-2-4-9(14)11-8(5-12)6-13/h7-8,12-13H,2-6,10H2,1H3,(H,11,14). The number of nitrogens with two attached hydrogens (primary N) is 1. The average molecular weight is 204 g/mol. The van der Waals surface area contributed by atoms with E-state index in [1.807, 2.05) is 6.92 Å². The third-order valence-corrected chi connectivity index (χ3v) is 1.87. The first kappa shape index (κ1) is 13.4. The normalized spacial score (nSPS) is 12.9. The van der Waals surface area contributed by atoms with E-state index in [1.165, 1.54) is 0 Å². The Morgan fingerprint density at radius 1 is 1.43 bits per heavy atom. The molecule has 0 rings (SSSR count). The monoisotopic (exact) mass is 204 g/mol. The fraction of sp³-hybridized carbons (Fsp3) is 0.889. The topological polar surface area (TPSA) is 95.6 Å². The molecule has 5 heteroatoms. The quantitative estimate of drug-likeness (QED) is 0.426. The van der Waals surface area contributed by atoms with Gasteiger partial charge in [-0.05, 0) is 19.8 Å². The summed E-state index contributed by atoms with van der Waals surface area (Å²) in [6, 6.07) is -0.438. The molecular formula is C9H20N2O3. The predicted octanol–water partition coefficient (Wildman–Crippen LogP) is -1.03. The summed E-state index contributed by atoms with van der Waals surface area (Å²) in [5, 5.41) is 19.9. The van der Waals surface area contributed by atoms with Gasteiger partial charge in [0.25, 0.3) is 0 Å². The highest BCUT2D eigenvalue weighted by Gasteiger charge is 2.09. The third-order valence-electron chi connectivity index (χ3n) is 1.87. The van der Waals surface area contributed by atoms with Crippen molar-refractivity contribution in [2.45, 2.75) is 38.3 Å². The Morgan fingerprint density at radius 2 is 2.00 bits per heavy atom. The van der Waals surface area contributed by atoms with Crippen LogP contribution in [0.2, 0.25) is 0 Å².